The number of rotatable bonds is 3. The van der Waals surface area contributed by atoms with Gasteiger partial charge in [0.1, 0.15) is 10.7 Å². The van der Waals surface area contributed by atoms with Crippen LogP contribution in [0.1, 0.15) is 19.8 Å². The molecule has 0 saturated carbocycles. The van der Waals surface area contributed by atoms with Gasteiger partial charge in [-0.1, -0.05) is 5.21 Å². The summed E-state index contributed by atoms with van der Waals surface area (Å²) >= 11 is 1.60. The Hall–Kier alpha value is -1.50. The SMILES string of the molecule is CC1=C(C(=O)N2CCC[C@H]2Cn2ccnn2)SCCO1. The maximum Gasteiger partial charge on any atom is 0.264 e. The molecule has 0 spiro atoms. The zero-order valence-electron chi connectivity index (χ0n) is 11.5. The van der Waals surface area contributed by atoms with E-state index in [1.54, 1.807) is 22.6 Å². The smallest absolute Gasteiger partial charge is 0.264 e. The molecule has 1 aromatic heterocycles. The fraction of sp³-hybridized carbons (Fsp3) is 0.615. The lowest BCUT2D eigenvalue weighted by Crippen LogP contribution is -2.39. The normalized spacial score (nSPS) is 23.1. The van der Waals surface area contributed by atoms with Crippen molar-refractivity contribution in [3.05, 3.63) is 23.1 Å². The molecular weight excluding hydrogens is 276 g/mol. The third kappa shape index (κ3) is 2.67. The van der Waals surface area contributed by atoms with Crippen molar-refractivity contribution in [3.8, 4) is 0 Å². The molecule has 0 bridgehead atoms. The van der Waals surface area contributed by atoms with Crippen LogP contribution in [0, 0.1) is 0 Å². The van der Waals surface area contributed by atoms with E-state index in [1.165, 1.54) is 0 Å². The third-order valence-electron chi connectivity index (χ3n) is 3.67. The Morgan fingerprint density at radius 1 is 1.60 bits per heavy atom. The second-order valence-corrected chi connectivity index (χ2v) is 6.11. The molecule has 7 heteroatoms. The summed E-state index contributed by atoms with van der Waals surface area (Å²) in [4.78, 5) is 15.4. The van der Waals surface area contributed by atoms with Crippen LogP contribution in [0.5, 0.6) is 0 Å². The molecule has 0 unspecified atom stereocenters. The molecule has 2 aliphatic heterocycles. The fourth-order valence-corrected chi connectivity index (χ4v) is 3.56. The molecule has 20 heavy (non-hydrogen) atoms. The number of amides is 1. The van der Waals surface area contributed by atoms with Gasteiger partial charge >= 0.3 is 0 Å². The summed E-state index contributed by atoms with van der Waals surface area (Å²) in [6.07, 6.45) is 5.56. The summed E-state index contributed by atoms with van der Waals surface area (Å²) < 4.78 is 7.29. The Balaban J connectivity index is 1.73. The molecule has 0 aliphatic carbocycles. The summed E-state index contributed by atoms with van der Waals surface area (Å²) in [5, 5.41) is 7.80. The predicted octanol–water partition coefficient (Wildman–Crippen LogP) is 1.26. The van der Waals surface area contributed by atoms with Crippen LogP contribution in [0.4, 0.5) is 0 Å². The Morgan fingerprint density at radius 2 is 2.50 bits per heavy atom. The van der Waals surface area contributed by atoms with E-state index in [9.17, 15) is 4.79 Å². The van der Waals surface area contributed by atoms with E-state index >= 15 is 0 Å². The quantitative estimate of drug-likeness (QED) is 0.840. The zero-order valence-corrected chi connectivity index (χ0v) is 12.3. The zero-order chi connectivity index (χ0) is 13.9. The van der Waals surface area contributed by atoms with E-state index in [4.69, 9.17) is 4.74 Å². The molecule has 3 heterocycles. The van der Waals surface area contributed by atoms with Gasteiger partial charge in [0.05, 0.1) is 25.4 Å². The van der Waals surface area contributed by atoms with Crippen molar-refractivity contribution < 1.29 is 9.53 Å². The van der Waals surface area contributed by atoms with Gasteiger partial charge in [0.15, 0.2) is 0 Å². The van der Waals surface area contributed by atoms with Crippen molar-refractivity contribution in [2.45, 2.75) is 32.4 Å². The van der Waals surface area contributed by atoms with Gasteiger partial charge in [0.25, 0.3) is 5.91 Å². The van der Waals surface area contributed by atoms with Crippen LogP contribution in [0.25, 0.3) is 0 Å². The maximum absolute atomic E-state index is 12.7. The molecule has 2 aliphatic rings. The molecule has 0 N–H and O–H groups in total. The minimum atomic E-state index is 0.106. The largest absolute Gasteiger partial charge is 0.496 e. The number of carbonyl (C=O) groups excluding carboxylic acids is 1. The van der Waals surface area contributed by atoms with Crippen LogP contribution in [0.15, 0.2) is 23.1 Å². The van der Waals surface area contributed by atoms with Crippen LogP contribution < -0.4 is 0 Å². The lowest BCUT2D eigenvalue weighted by atomic mass is 10.2. The summed E-state index contributed by atoms with van der Waals surface area (Å²) in [6, 6.07) is 0.201. The Bertz CT molecular complexity index is 514. The molecule has 1 saturated heterocycles. The molecule has 1 fully saturated rings. The van der Waals surface area contributed by atoms with Crippen LogP contribution in [0.3, 0.4) is 0 Å². The van der Waals surface area contributed by atoms with Crippen LogP contribution in [-0.4, -0.2) is 50.7 Å². The molecule has 108 valence electrons. The second-order valence-electron chi connectivity index (χ2n) is 5.00. The number of nitrogens with zero attached hydrogens (tertiary/aromatic N) is 4. The molecule has 1 amide bonds. The van der Waals surface area contributed by atoms with Gasteiger partial charge in [-0.25, -0.2) is 0 Å². The first-order chi connectivity index (χ1) is 9.75. The highest BCUT2D eigenvalue weighted by Crippen LogP contribution is 2.30. The van der Waals surface area contributed by atoms with Gasteiger partial charge in [-0.3, -0.25) is 9.48 Å². The average Bonchev–Trinajstić information content (AvgIpc) is 3.11. The number of hydrogen-bond acceptors (Lipinski definition) is 5. The van der Waals surface area contributed by atoms with Crippen LogP contribution in [-0.2, 0) is 16.1 Å². The molecule has 1 aromatic rings. The van der Waals surface area contributed by atoms with Gasteiger partial charge in [-0.2, -0.15) is 0 Å². The predicted molar refractivity (Wildman–Crippen MR) is 75.9 cm³/mol. The van der Waals surface area contributed by atoms with Crippen molar-refractivity contribution in [1.82, 2.24) is 19.9 Å². The van der Waals surface area contributed by atoms with Gasteiger partial charge in [-0.05, 0) is 19.8 Å². The minimum Gasteiger partial charge on any atom is -0.496 e. The molecule has 0 radical (unpaired) electrons. The highest BCUT2D eigenvalue weighted by Gasteiger charge is 2.33. The maximum atomic E-state index is 12.7. The number of likely N-dealkylation sites (tertiary alicyclic amines) is 1. The van der Waals surface area contributed by atoms with Gasteiger partial charge in [-0.15, -0.1) is 16.9 Å². The Kier molecular flexibility index (Phi) is 3.95. The number of hydrogen-bond donors (Lipinski definition) is 0. The van der Waals surface area contributed by atoms with Crippen LogP contribution in [0.2, 0.25) is 0 Å². The first-order valence-corrected chi connectivity index (χ1v) is 7.86. The number of carbonyl (C=O) groups is 1. The first-order valence-electron chi connectivity index (χ1n) is 6.87. The Labute approximate surface area is 122 Å². The first kappa shape index (κ1) is 13.5. The molecule has 6 nitrogen and oxygen atoms in total. The van der Waals surface area contributed by atoms with Gasteiger partial charge in [0, 0.05) is 18.5 Å². The summed E-state index contributed by atoms with van der Waals surface area (Å²) in [7, 11) is 0. The standard InChI is InChI=1S/C13H18N4O2S/c1-10-12(20-8-7-19-10)13(18)17-5-2-3-11(17)9-16-6-4-14-15-16/h4,6,11H,2-3,5,7-9H2,1H3/t11-/m0/s1. The molecule has 1 atom stereocenters. The molecule has 3 rings (SSSR count). The highest BCUT2D eigenvalue weighted by molar-refractivity contribution is 8.04. The molecule has 0 aromatic carbocycles. The third-order valence-corrected chi connectivity index (χ3v) is 4.79. The topological polar surface area (TPSA) is 60.2 Å². The lowest BCUT2D eigenvalue weighted by molar-refractivity contribution is -0.127. The summed E-state index contributed by atoms with van der Waals surface area (Å²) in [6.45, 7) is 4.09. The average molecular weight is 294 g/mol. The summed E-state index contributed by atoms with van der Waals surface area (Å²) in [5.74, 6) is 1.72. The van der Waals surface area contributed by atoms with Crippen molar-refractivity contribution in [1.29, 1.82) is 0 Å². The van der Waals surface area contributed by atoms with Crippen molar-refractivity contribution in [3.63, 3.8) is 0 Å². The molecular formula is C13H18N4O2S. The van der Waals surface area contributed by atoms with E-state index in [1.807, 2.05) is 18.0 Å². The second kappa shape index (κ2) is 5.87. The summed E-state index contributed by atoms with van der Waals surface area (Å²) in [5.41, 5.74) is 0. The van der Waals surface area contributed by atoms with E-state index in [0.717, 1.165) is 35.8 Å². The Morgan fingerprint density at radius 3 is 3.25 bits per heavy atom. The number of allylic oxidation sites excluding steroid dienone is 1. The fourth-order valence-electron chi connectivity index (χ4n) is 2.69. The van der Waals surface area contributed by atoms with E-state index < -0.39 is 0 Å². The number of aromatic nitrogens is 3. The van der Waals surface area contributed by atoms with Gasteiger partial charge < -0.3 is 9.64 Å². The van der Waals surface area contributed by atoms with Crippen molar-refractivity contribution >= 4 is 17.7 Å². The van der Waals surface area contributed by atoms with E-state index in [0.29, 0.717) is 13.2 Å². The van der Waals surface area contributed by atoms with Crippen molar-refractivity contribution in [2.75, 3.05) is 18.9 Å². The minimum absolute atomic E-state index is 0.106. The highest BCUT2D eigenvalue weighted by atomic mass is 32.2. The van der Waals surface area contributed by atoms with Crippen LogP contribution >= 0.6 is 11.8 Å². The van der Waals surface area contributed by atoms with E-state index in [-0.39, 0.29) is 11.9 Å². The number of ether oxygens (including phenoxy) is 1. The van der Waals surface area contributed by atoms with E-state index in [2.05, 4.69) is 10.3 Å². The van der Waals surface area contributed by atoms with Gasteiger partial charge in [0.2, 0.25) is 0 Å². The lowest BCUT2D eigenvalue weighted by Gasteiger charge is -2.27. The van der Waals surface area contributed by atoms with Crippen molar-refractivity contribution in [2.24, 2.45) is 0 Å². The number of thioether (sulfide) groups is 1. The monoisotopic (exact) mass is 294 g/mol.